The number of carbonyl (C=O) groups is 1. The Bertz CT molecular complexity index is 425. The normalized spacial score (nSPS) is 13.6. The summed E-state index contributed by atoms with van der Waals surface area (Å²) in [6.45, 7) is 2.19. The predicted molar refractivity (Wildman–Crippen MR) is 77.2 cm³/mol. The van der Waals surface area contributed by atoms with E-state index in [2.05, 4.69) is 0 Å². The molecular weight excluding hydrogens is 258 g/mol. The molecule has 0 aliphatic rings. The van der Waals surface area contributed by atoms with Crippen molar-refractivity contribution in [1.82, 2.24) is 0 Å². The van der Waals surface area contributed by atoms with Gasteiger partial charge in [0.05, 0.1) is 20.1 Å². The average Bonchev–Trinajstić information content (AvgIpc) is 2.43. The summed E-state index contributed by atoms with van der Waals surface area (Å²) in [5, 5.41) is 9.03. The van der Waals surface area contributed by atoms with Gasteiger partial charge in [-0.05, 0) is 36.5 Å². The second-order valence-corrected chi connectivity index (χ2v) is 5.04. The lowest BCUT2D eigenvalue weighted by atomic mass is 9.90. The summed E-state index contributed by atoms with van der Waals surface area (Å²) >= 11 is 0. The molecule has 1 rings (SSSR count). The first-order valence-electron chi connectivity index (χ1n) is 6.65. The number of carboxylic acid groups (broad SMARTS) is 1. The van der Waals surface area contributed by atoms with Crippen molar-refractivity contribution in [3.05, 3.63) is 23.8 Å². The molecule has 0 aliphatic heterocycles. The lowest BCUT2D eigenvalue weighted by Gasteiger charge is -2.17. The number of hydrogen-bond acceptors (Lipinski definition) is 4. The van der Waals surface area contributed by atoms with Crippen molar-refractivity contribution in [2.45, 2.75) is 19.8 Å². The maximum atomic E-state index is 11.0. The monoisotopic (exact) mass is 281 g/mol. The molecule has 0 saturated heterocycles. The summed E-state index contributed by atoms with van der Waals surface area (Å²) in [7, 11) is 3.22. The van der Waals surface area contributed by atoms with Crippen molar-refractivity contribution >= 4 is 5.97 Å². The second-order valence-electron chi connectivity index (χ2n) is 5.04. The molecule has 0 saturated carbocycles. The van der Waals surface area contributed by atoms with Gasteiger partial charge in [-0.15, -0.1) is 0 Å². The second kappa shape index (κ2) is 7.75. The van der Waals surface area contributed by atoms with Crippen LogP contribution in [-0.4, -0.2) is 31.8 Å². The predicted octanol–water partition coefficient (Wildman–Crippen LogP) is 1.93. The van der Waals surface area contributed by atoms with E-state index >= 15 is 0 Å². The zero-order chi connectivity index (χ0) is 15.1. The number of nitrogens with two attached hydrogens (primary N) is 1. The first kappa shape index (κ1) is 16.3. The Morgan fingerprint density at radius 2 is 1.80 bits per heavy atom. The third-order valence-corrected chi connectivity index (χ3v) is 3.32. The lowest BCUT2D eigenvalue weighted by molar-refractivity contribution is -0.141. The molecule has 0 bridgehead atoms. The molecule has 0 aromatic heterocycles. The summed E-state index contributed by atoms with van der Waals surface area (Å²) in [6, 6.07) is 5.70. The van der Waals surface area contributed by atoms with Gasteiger partial charge in [0, 0.05) is 12.6 Å². The number of aliphatic carboxylic acids is 1. The van der Waals surface area contributed by atoms with Crippen LogP contribution in [0.1, 0.15) is 18.9 Å². The van der Waals surface area contributed by atoms with Crippen LogP contribution in [0, 0.1) is 11.8 Å². The van der Waals surface area contributed by atoms with Crippen molar-refractivity contribution in [3.63, 3.8) is 0 Å². The summed E-state index contributed by atoms with van der Waals surface area (Å²) < 4.78 is 10.5. The van der Waals surface area contributed by atoms with Crippen molar-refractivity contribution in [2.75, 3.05) is 20.8 Å². The Balaban J connectivity index is 2.74. The van der Waals surface area contributed by atoms with Gasteiger partial charge in [-0.1, -0.05) is 6.92 Å². The first-order valence-corrected chi connectivity index (χ1v) is 6.65. The average molecular weight is 281 g/mol. The van der Waals surface area contributed by atoms with Crippen LogP contribution < -0.4 is 15.2 Å². The van der Waals surface area contributed by atoms with Gasteiger partial charge in [-0.2, -0.15) is 0 Å². The van der Waals surface area contributed by atoms with Crippen molar-refractivity contribution < 1.29 is 19.4 Å². The molecule has 5 heteroatoms. The molecule has 0 aliphatic carbocycles. The third kappa shape index (κ3) is 4.74. The van der Waals surface area contributed by atoms with E-state index in [9.17, 15) is 4.79 Å². The minimum Gasteiger partial charge on any atom is -0.497 e. The number of methoxy groups -OCH3 is 2. The van der Waals surface area contributed by atoms with Crippen LogP contribution in [0.5, 0.6) is 11.5 Å². The van der Waals surface area contributed by atoms with Crippen molar-refractivity contribution in [2.24, 2.45) is 17.6 Å². The van der Waals surface area contributed by atoms with E-state index < -0.39 is 11.9 Å². The van der Waals surface area contributed by atoms with Crippen LogP contribution in [0.3, 0.4) is 0 Å². The molecule has 2 atom stereocenters. The maximum absolute atomic E-state index is 11.0. The van der Waals surface area contributed by atoms with Gasteiger partial charge in [-0.3, -0.25) is 4.79 Å². The van der Waals surface area contributed by atoms with E-state index in [1.165, 1.54) is 0 Å². The Hall–Kier alpha value is -1.75. The molecule has 1 aromatic carbocycles. The highest BCUT2D eigenvalue weighted by Gasteiger charge is 2.19. The van der Waals surface area contributed by atoms with Gasteiger partial charge < -0.3 is 20.3 Å². The van der Waals surface area contributed by atoms with E-state index in [0.29, 0.717) is 6.42 Å². The molecule has 0 spiro atoms. The van der Waals surface area contributed by atoms with Crippen LogP contribution in [0.2, 0.25) is 0 Å². The summed E-state index contributed by atoms with van der Waals surface area (Å²) in [5.74, 6) is 0.372. The fourth-order valence-corrected chi connectivity index (χ4v) is 2.25. The zero-order valence-corrected chi connectivity index (χ0v) is 12.3. The van der Waals surface area contributed by atoms with E-state index in [1.54, 1.807) is 14.2 Å². The van der Waals surface area contributed by atoms with Crippen LogP contribution in [0.4, 0.5) is 0 Å². The third-order valence-electron chi connectivity index (χ3n) is 3.32. The summed E-state index contributed by atoms with van der Waals surface area (Å²) in [4.78, 5) is 11.0. The van der Waals surface area contributed by atoms with Crippen LogP contribution in [-0.2, 0) is 11.2 Å². The molecule has 112 valence electrons. The Morgan fingerprint density at radius 3 is 2.20 bits per heavy atom. The largest absolute Gasteiger partial charge is 0.497 e. The summed E-state index contributed by atoms with van der Waals surface area (Å²) in [5.41, 5.74) is 6.55. The molecule has 2 unspecified atom stereocenters. The van der Waals surface area contributed by atoms with E-state index in [1.807, 2.05) is 25.1 Å². The van der Waals surface area contributed by atoms with Gasteiger partial charge in [0.1, 0.15) is 11.5 Å². The van der Waals surface area contributed by atoms with Crippen LogP contribution >= 0.6 is 0 Å². The number of rotatable bonds is 8. The first-order chi connectivity index (χ1) is 9.49. The lowest BCUT2D eigenvalue weighted by Crippen LogP contribution is -2.25. The molecule has 5 nitrogen and oxygen atoms in total. The minimum atomic E-state index is -0.831. The Labute approximate surface area is 119 Å². The standard InChI is InChI=1S/C15H23NO4/c1-10(5-12(9-16)15(17)18)4-11-6-13(19-2)8-14(7-11)20-3/h6-8,10,12H,4-5,9,16H2,1-3H3,(H,17,18). The van der Waals surface area contributed by atoms with Gasteiger partial charge in [0.15, 0.2) is 0 Å². The maximum Gasteiger partial charge on any atom is 0.307 e. The molecule has 0 fully saturated rings. The fraction of sp³-hybridized carbons (Fsp3) is 0.533. The number of ether oxygens (including phenoxy) is 2. The van der Waals surface area contributed by atoms with Crippen molar-refractivity contribution in [1.29, 1.82) is 0 Å². The SMILES string of the molecule is COc1cc(CC(C)CC(CN)C(=O)O)cc(OC)c1. The molecule has 0 heterocycles. The quantitative estimate of drug-likeness (QED) is 0.761. The summed E-state index contributed by atoms with van der Waals surface area (Å²) in [6.07, 6.45) is 1.32. The Morgan fingerprint density at radius 1 is 1.25 bits per heavy atom. The highest BCUT2D eigenvalue weighted by Crippen LogP contribution is 2.25. The van der Waals surface area contributed by atoms with Crippen molar-refractivity contribution in [3.8, 4) is 11.5 Å². The molecule has 0 radical (unpaired) electrons. The number of carboxylic acids is 1. The van der Waals surface area contributed by atoms with Crippen LogP contribution in [0.15, 0.2) is 18.2 Å². The van der Waals surface area contributed by atoms with E-state index in [0.717, 1.165) is 23.5 Å². The topological polar surface area (TPSA) is 81.8 Å². The minimum absolute atomic E-state index is 0.168. The van der Waals surface area contributed by atoms with E-state index in [-0.39, 0.29) is 12.5 Å². The molecule has 3 N–H and O–H groups in total. The number of hydrogen-bond donors (Lipinski definition) is 2. The van der Waals surface area contributed by atoms with Gasteiger partial charge in [0.2, 0.25) is 0 Å². The molecular formula is C15H23NO4. The number of benzene rings is 1. The molecule has 1 aromatic rings. The molecule has 0 amide bonds. The zero-order valence-electron chi connectivity index (χ0n) is 12.3. The Kier molecular flexibility index (Phi) is 6.31. The van der Waals surface area contributed by atoms with Crippen LogP contribution in [0.25, 0.3) is 0 Å². The molecule has 20 heavy (non-hydrogen) atoms. The smallest absolute Gasteiger partial charge is 0.307 e. The van der Waals surface area contributed by atoms with Gasteiger partial charge in [0.25, 0.3) is 0 Å². The van der Waals surface area contributed by atoms with Gasteiger partial charge in [-0.25, -0.2) is 0 Å². The highest BCUT2D eigenvalue weighted by atomic mass is 16.5. The van der Waals surface area contributed by atoms with Gasteiger partial charge >= 0.3 is 5.97 Å². The fourth-order valence-electron chi connectivity index (χ4n) is 2.25. The highest BCUT2D eigenvalue weighted by molar-refractivity contribution is 5.70. The van der Waals surface area contributed by atoms with E-state index in [4.69, 9.17) is 20.3 Å².